The minimum atomic E-state index is -0.109. The number of hydrogen-bond donors (Lipinski definition) is 0. The highest BCUT2D eigenvalue weighted by molar-refractivity contribution is 5.87. The van der Waals surface area contributed by atoms with Crippen LogP contribution >= 0.6 is 0 Å². The van der Waals surface area contributed by atoms with Crippen molar-refractivity contribution < 1.29 is 9.59 Å². The number of Topliss-reactive ketones (excluding diaryl/α,β-unsaturated/α-hetero) is 2. The number of carbonyl (C=O) groups excluding carboxylic acids is 2. The molecule has 0 radical (unpaired) electrons. The van der Waals surface area contributed by atoms with Crippen molar-refractivity contribution in [3.63, 3.8) is 0 Å². The van der Waals surface area contributed by atoms with Crippen molar-refractivity contribution >= 4 is 11.6 Å². The Labute approximate surface area is 91.4 Å². The molecule has 0 spiro atoms. The van der Waals surface area contributed by atoms with Crippen LogP contribution in [-0.4, -0.2) is 11.6 Å². The quantitative estimate of drug-likeness (QED) is 0.613. The van der Waals surface area contributed by atoms with E-state index in [1.54, 1.807) is 0 Å². The lowest BCUT2D eigenvalue weighted by Gasteiger charge is -2.30. The second-order valence-electron chi connectivity index (χ2n) is 6.02. The molecule has 84 valence electrons. The average molecular weight is 208 g/mol. The monoisotopic (exact) mass is 208 g/mol. The van der Waals surface area contributed by atoms with Crippen LogP contribution < -0.4 is 0 Å². The van der Waals surface area contributed by atoms with E-state index in [0.29, 0.717) is 36.7 Å². The lowest BCUT2D eigenvalue weighted by atomic mass is 9.73. The molecule has 0 amide bonds. The Kier molecular flexibility index (Phi) is 2.70. The molecule has 0 saturated heterocycles. The summed E-state index contributed by atoms with van der Waals surface area (Å²) >= 11 is 0. The summed E-state index contributed by atoms with van der Waals surface area (Å²) in [6.07, 6.45) is 5.08. The lowest BCUT2D eigenvalue weighted by molar-refractivity contribution is -0.130. The maximum Gasteiger partial charge on any atom is 0.136 e. The van der Waals surface area contributed by atoms with Gasteiger partial charge in [-0.05, 0) is 24.2 Å². The molecule has 2 atom stereocenters. The van der Waals surface area contributed by atoms with Crippen molar-refractivity contribution in [3.05, 3.63) is 0 Å². The molecule has 0 heterocycles. The highest BCUT2D eigenvalue weighted by Gasteiger charge is 2.39. The van der Waals surface area contributed by atoms with Crippen LogP contribution in [-0.2, 0) is 9.59 Å². The second kappa shape index (κ2) is 3.73. The van der Waals surface area contributed by atoms with Gasteiger partial charge >= 0.3 is 0 Å². The summed E-state index contributed by atoms with van der Waals surface area (Å²) in [5.74, 6) is 1.36. The van der Waals surface area contributed by atoms with Gasteiger partial charge in [0, 0.05) is 25.2 Å². The van der Waals surface area contributed by atoms with E-state index in [9.17, 15) is 9.59 Å². The molecule has 0 N–H and O–H groups in total. The third kappa shape index (κ3) is 2.30. The molecule has 2 heteroatoms. The van der Waals surface area contributed by atoms with Gasteiger partial charge in [-0.3, -0.25) is 9.59 Å². The molecular formula is C13H20O2. The molecule has 0 aromatic carbocycles. The zero-order chi connectivity index (χ0) is 11.1. The van der Waals surface area contributed by atoms with Crippen LogP contribution in [0.15, 0.2) is 0 Å². The average Bonchev–Trinajstić information content (AvgIpc) is 2.47. The number of fused-ring (bicyclic) bond motifs is 1. The van der Waals surface area contributed by atoms with Gasteiger partial charge in [0.15, 0.2) is 0 Å². The van der Waals surface area contributed by atoms with E-state index in [1.165, 1.54) is 0 Å². The van der Waals surface area contributed by atoms with E-state index >= 15 is 0 Å². The summed E-state index contributed by atoms with van der Waals surface area (Å²) in [7, 11) is 0. The number of rotatable bonds is 0. The predicted molar refractivity (Wildman–Crippen MR) is 58.5 cm³/mol. The molecule has 0 aliphatic heterocycles. The fraction of sp³-hybridized carbons (Fsp3) is 0.846. The normalized spacial score (nSPS) is 35.9. The van der Waals surface area contributed by atoms with Crippen molar-refractivity contribution in [1.82, 2.24) is 0 Å². The third-order valence-electron chi connectivity index (χ3n) is 3.89. The third-order valence-corrected chi connectivity index (χ3v) is 3.89. The van der Waals surface area contributed by atoms with E-state index in [2.05, 4.69) is 0 Å². The number of carbonyl (C=O) groups is 2. The molecule has 0 aromatic heterocycles. The van der Waals surface area contributed by atoms with E-state index in [4.69, 9.17) is 0 Å². The Morgan fingerprint density at radius 2 is 1.87 bits per heavy atom. The minimum Gasteiger partial charge on any atom is -0.300 e. The maximum atomic E-state index is 12.1. The molecular weight excluding hydrogens is 188 g/mol. The van der Waals surface area contributed by atoms with Crippen LogP contribution in [0, 0.1) is 17.3 Å². The lowest BCUT2D eigenvalue weighted by Crippen LogP contribution is -2.31. The second-order valence-corrected chi connectivity index (χ2v) is 6.02. The molecule has 2 rings (SSSR count). The van der Waals surface area contributed by atoms with E-state index in [-0.39, 0.29) is 11.3 Å². The molecule has 15 heavy (non-hydrogen) atoms. The van der Waals surface area contributed by atoms with E-state index in [1.807, 2.05) is 13.8 Å². The summed E-state index contributed by atoms with van der Waals surface area (Å²) in [5, 5.41) is 0. The van der Waals surface area contributed by atoms with Crippen molar-refractivity contribution in [2.75, 3.05) is 0 Å². The summed E-state index contributed by atoms with van der Waals surface area (Å²) in [6, 6.07) is 0. The molecule has 2 nitrogen and oxygen atoms in total. The summed E-state index contributed by atoms with van der Waals surface area (Å²) in [4.78, 5) is 23.8. The fourth-order valence-corrected chi connectivity index (χ4v) is 3.27. The minimum absolute atomic E-state index is 0.109. The largest absolute Gasteiger partial charge is 0.300 e. The van der Waals surface area contributed by atoms with E-state index in [0.717, 1.165) is 19.3 Å². The van der Waals surface area contributed by atoms with Gasteiger partial charge in [0.1, 0.15) is 11.6 Å². The van der Waals surface area contributed by atoms with Crippen LogP contribution in [0.25, 0.3) is 0 Å². The zero-order valence-electron chi connectivity index (χ0n) is 9.71. The SMILES string of the molecule is CC1(C)CC(=O)C[C@H]2CCC[C@H]2C(=O)C1. The molecule has 2 aliphatic rings. The number of hydrogen-bond acceptors (Lipinski definition) is 2. The zero-order valence-corrected chi connectivity index (χ0v) is 9.71. The van der Waals surface area contributed by atoms with Crippen LogP contribution in [0.3, 0.4) is 0 Å². The van der Waals surface area contributed by atoms with Crippen LogP contribution in [0.5, 0.6) is 0 Å². The smallest absolute Gasteiger partial charge is 0.136 e. The van der Waals surface area contributed by atoms with E-state index < -0.39 is 0 Å². The maximum absolute atomic E-state index is 12.1. The summed E-state index contributed by atoms with van der Waals surface area (Å²) in [5.41, 5.74) is -0.109. The van der Waals surface area contributed by atoms with Gasteiger partial charge in [-0.1, -0.05) is 20.3 Å². The van der Waals surface area contributed by atoms with Gasteiger partial charge in [0.05, 0.1) is 0 Å². The topological polar surface area (TPSA) is 34.1 Å². The first-order valence-electron chi connectivity index (χ1n) is 6.02. The Morgan fingerprint density at radius 3 is 2.60 bits per heavy atom. The molecule has 0 bridgehead atoms. The molecule has 2 aliphatic carbocycles. The van der Waals surface area contributed by atoms with Gasteiger partial charge in [-0.2, -0.15) is 0 Å². The van der Waals surface area contributed by atoms with Gasteiger partial charge in [0.25, 0.3) is 0 Å². The fourth-order valence-electron chi connectivity index (χ4n) is 3.27. The first kappa shape index (κ1) is 10.8. The first-order chi connectivity index (χ1) is 6.98. The number of ketones is 2. The van der Waals surface area contributed by atoms with Crippen LogP contribution in [0.1, 0.15) is 52.4 Å². The van der Waals surface area contributed by atoms with Gasteiger partial charge in [0.2, 0.25) is 0 Å². The predicted octanol–water partition coefficient (Wildman–Crippen LogP) is 2.75. The Bertz CT molecular complexity index is 291. The van der Waals surface area contributed by atoms with Crippen LogP contribution in [0.4, 0.5) is 0 Å². The van der Waals surface area contributed by atoms with Crippen LogP contribution in [0.2, 0.25) is 0 Å². The van der Waals surface area contributed by atoms with Gasteiger partial charge in [-0.15, -0.1) is 0 Å². The van der Waals surface area contributed by atoms with Crippen molar-refractivity contribution in [2.45, 2.75) is 52.4 Å². The molecule has 2 fully saturated rings. The first-order valence-corrected chi connectivity index (χ1v) is 6.02. The highest BCUT2D eigenvalue weighted by atomic mass is 16.1. The standard InChI is InChI=1S/C13H20O2/c1-13(2)7-10(14)6-9-4-3-5-11(9)12(15)8-13/h9,11H,3-8H2,1-2H3/t9-,11-/m1/s1. The summed E-state index contributed by atoms with van der Waals surface area (Å²) in [6.45, 7) is 4.08. The Morgan fingerprint density at radius 1 is 1.13 bits per heavy atom. The van der Waals surface area contributed by atoms with Gasteiger partial charge < -0.3 is 0 Å². The Balaban J connectivity index is 2.18. The molecule has 2 saturated carbocycles. The van der Waals surface area contributed by atoms with Crippen molar-refractivity contribution in [2.24, 2.45) is 17.3 Å². The summed E-state index contributed by atoms with van der Waals surface area (Å²) < 4.78 is 0. The van der Waals surface area contributed by atoms with Crippen molar-refractivity contribution in [1.29, 1.82) is 0 Å². The molecule has 0 unspecified atom stereocenters. The van der Waals surface area contributed by atoms with Gasteiger partial charge in [-0.25, -0.2) is 0 Å². The highest BCUT2D eigenvalue weighted by Crippen LogP contribution is 2.41. The van der Waals surface area contributed by atoms with Crippen molar-refractivity contribution in [3.8, 4) is 0 Å². The Hall–Kier alpha value is -0.660. The molecule has 0 aromatic rings.